The standard InChI is InChI=1S/C13H14O3/c1-9-5-4-6-12(8-7-10(2)14)13(9)16-11(3)15/h4-8H,1-3H3/b8-7-. The molecule has 0 bridgehead atoms. The zero-order valence-electron chi connectivity index (χ0n) is 9.61. The maximum absolute atomic E-state index is 10.9. The van der Waals surface area contributed by atoms with Crippen molar-refractivity contribution in [3.05, 3.63) is 35.4 Å². The van der Waals surface area contributed by atoms with Crippen LogP contribution >= 0.6 is 0 Å². The van der Waals surface area contributed by atoms with E-state index in [4.69, 9.17) is 4.74 Å². The summed E-state index contributed by atoms with van der Waals surface area (Å²) in [6, 6.07) is 5.50. The van der Waals surface area contributed by atoms with Crippen molar-refractivity contribution < 1.29 is 14.3 Å². The first-order valence-corrected chi connectivity index (χ1v) is 4.97. The van der Waals surface area contributed by atoms with Gasteiger partial charge in [0.05, 0.1) is 0 Å². The molecular weight excluding hydrogens is 204 g/mol. The minimum absolute atomic E-state index is 0.0460. The molecule has 3 nitrogen and oxygen atoms in total. The summed E-state index contributed by atoms with van der Waals surface area (Å²) in [6.45, 7) is 4.67. The Labute approximate surface area is 94.7 Å². The number of carbonyl (C=O) groups excluding carboxylic acids is 2. The average Bonchev–Trinajstić information content (AvgIpc) is 2.18. The maximum Gasteiger partial charge on any atom is 0.308 e. The van der Waals surface area contributed by atoms with E-state index in [2.05, 4.69) is 0 Å². The quantitative estimate of drug-likeness (QED) is 0.445. The second-order valence-electron chi connectivity index (χ2n) is 3.53. The first kappa shape index (κ1) is 12.2. The van der Waals surface area contributed by atoms with Crippen molar-refractivity contribution in [1.82, 2.24) is 0 Å². The zero-order valence-corrected chi connectivity index (χ0v) is 9.61. The van der Waals surface area contributed by atoms with Crippen LogP contribution in [0.25, 0.3) is 6.08 Å². The van der Waals surface area contributed by atoms with E-state index in [1.54, 1.807) is 12.1 Å². The fourth-order valence-electron chi connectivity index (χ4n) is 1.30. The van der Waals surface area contributed by atoms with Gasteiger partial charge in [0, 0.05) is 12.5 Å². The third-order valence-corrected chi connectivity index (χ3v) is 1.99. The molecule has 0 radical (unpaired) electrons. The van der Waals surface area contributed by atoms with Gasteiger partial charge in [-0.15, -0.1) is 0 Å². The number of ether oxygens (including phenoxy) is 1. The molecule has 0 unspecified atom stereocenters. The number of ketones is 1. The van der Waals surface area contributed by atoms with Crippen molar-refractivity contribution in [3.63, 3.8) is 0 Å². The van der Waals surface area contributed by atoms with Crippen LogP contribution in [0.1, 0.15) is 25.0 Å². The molecule has 3 heteroatoms. The molecule has 0 spiro atoms. The Balaban J connectivity index is 3.12. The number of aryl methyl sites for hydroxylation is 1. The molecule has 1 aromatic rings. The van der Waals surface area contributed by atoms with Crippen LogP contribution in [0.3, 0.4) is 0 Å². The first-order valence-electron chi connectivity index (χ1n) is 4.97. The minimum Gasteiger partial charge on any atom is -0.426 e. The van der Waals surface area contributed by atoms with Crippen LogP contribution < -0.4 is 4.74 Å². The molecule has 16 heavy (non-hydrogen) atoms. The predicted molar refractivity (Wildman–Crippen MR) is 62.2 cm³/mol. The largest absolute Gasteiger partial charge is 0.426 e. The number of carbonyl (C=O) groups is 2. The highest BCUT2D eigenvalue weighted by Crippen LogP contribution is 2.24. The van der Waals surface area contributed by atoms with E-state index in [0.717, 1.165) is 11.1 Å². The fraction of sp³-hybridized carbons (Fsp3) is 0.231. The Morgan fingerprint density at radius 2 is 1.94 bits per heavy atom. The van der Waals surface area contributed by atoms with Gasteiger partial charge in [-0.3, -0.25) is 9.59 Å². The van der Waals surface area contributed by atoms with E-state index in [9.17, 15) is 9.59 Å². The third-order valence-electron chi connectivity index (χ3n) is 1.99. The summed E-state index contributed by atoms with van der Waals surface area (Å²) in [5.41, 5.74) is 1.59. The summed E-state index contributed by atoms with van der Waals surface area (Å²) in [5, 5.41) is 0. The van der Waals surface area contributed by atoms with E-state index in [1.807, 2.05) is 19.1 Å². The van der Waals surface area contributed by atoms with Gasteiger partial charge in [-0.1, -0.05) is 18.2 Å². The highest BCUT2D eigenvalue weighted by Gasteiger charge is 2.06. The fourth-order valence-corrected chi connectivity index (χ4v) is 1.30. The van der Waals surface area contributed by atoms with Gasteiger partial charge in [0.2, 0.25) is 0 Å². The van der Waals surface area contributed by atoms with E-state index >= 15 is 0 Å². The van der Waals surface area contributed by atoms with E-state index < -0.39 is 0 Å². The molecule has 1 rings (SSSR count). The average molecular weight is 218 g/mol. The molecule has 0 aliphatic rings. The summed E-state index contributed by atoms with van der Waals surface area (Å²) < 4.78 is 5.11. The molecule has 0 amide bonds. The molecule has 1 aromatic carbocycles. The SMILES string of the molecule is CC(=O)/C=C\c1cccc(C)c1OC(C)=O. The molecular formula is C13H14O3. The van der Waals surface area contributed by atoms with Gasteiger partial charge < -0.3 is 4.74 Å². The molecule has 0 atom stereocenters. The number of para-hydroxylation sites is 1. The van der Waals surface area contributed by atoms with Crippen LogP contribution in [-0.4, -0.2) is 11.8 Å². The molecule has 84 valence electrons. The molecule has 0 heterocycles. The highest BCUT2D eigenvalue weighted by atomic mass is 16.5. The van der Waals surface area contributed by atoms with Crippen LogP contribution in [-0.2, 0) is 9.59 Å². The molecule has 0 aliphatic carbocycles. The topological polar surface area (TPSA) is 43.4 Å². The van der Waals surface area contributed by atoms with Crippen LogP contribution in [0.2, 0.25) is 0 Å². The Morgan fingerprint density at radius 1 is 1.25 bits per heavy atom. The van der Waals surface area contributed by atoms with Gasteiger partial charge in [-0.25, -0.2) is 0 Å². The van der Waals surface area contributed by atoms with E-state index in [0.29, 0.717) is 5.75 Å². The Kier molecular flexibility index (Phi) is 4.00. The molecule has 0 aliphatic heterocycles. The molecule has 0 fully saturated rings. The van der Waals surface area contributed by atoms with Crippen LogP contribution in [0.4, 0.5) is 0 Å². The second kappa shape index (κ2) is 5.26. The third kappa shape index (κ3) is 3.35. The minimum atomic E-state index is -0.369. The van der Waals surface area contributed by atoms with Gasteiger partial charge in [-0.05, 0) is 31.6 Å². The molecule has 0 saturated carbocycles. The highest BCUT2D eigenvalue weighted by molar-refractivity contribution is 5.92. The normalized spacial score (nSPS) is 10.4. The number of benzene rings is 1. The van der Waals surface area contributed by atoms with Gasteiger partial charge in [0.25, 0.3) is 0 Å². The second-order valence-corrected chi connectivity index (χ2v) is 3.53. The van der Waals surface area contributed by atoms with Crippen molar-refractivity contribution in [1.29, 1.82) is 0 Å². The Bertz CT molecular complexity index is 444. The number of rotatable bonds is 3. The summed E-state index contributed by atoms with van der Waals surface area (Å²) in [6.07, 6.45) is 3.09. The van der Waals surface area contributed by atoms with Gasteiger partial charge in [-0.2, -0.15) is 0 Å². The van der Waals surface area contributed by atoms with Crippen molar-refractivity contribution in [3.8, 4) is 5.75 Å². The van der Waals surface area contributed by atoms with Gasteiger partial charge in [0.15, 0.2) is 5.78 Å². The maximum atomic E-state index is 10.9. The lowest BCUT2D eigenvalue weighted by atomic mass is 10.1. The number of esters is 1. The van der Waals surface area contributed by atoms with Crippen molar-refractivity contribution in [2.45, 2.75) is 20.8 Å². The number of allylic oxidation sites excluding steroid dienone is 1. The first-order chi connectivity index (χ1) is 7.50. The Morgan fingerprint density at radius 3 is 2.50 bits per heavy atom. The Hall–Kier alpha value is -1.90. The lowest BCUT2D eigenvalue weighted by Gasteiger charge is -2.08. The van der Waals surface area contributed by atoms with Crippen LogP contribution in [0, 0.1) is 6.92 Å². The molecule has 0 N–H and O–H groups in total. The number of hydrogen-bond donors (Lipinski definition) is 0. The summed E-state index contributed by atoms with van der Waals surface area (Å²) in [7, 11) is 0. The summed E-state index contributed by atoms with van der Waals surface area (Å²) in [4.78, 5) is 21.8. The summed E-state index contributed by atoms with van der Waals surface area (Å²) in [5.74, 6) is 0.0922. The predicted octanol–water partition coefficient (Wildman–Crippen LogP) is 2.52. The monoisotopic (exact) mass is 218 g/mol. The lowest BCUT2D eigenvalue weighted by Crippen LogP contribution is -2.04. The molecule has 0 saturated heterocycles. The molecule has 0 aromatic heterocycles. The van der Waals surface area contributed by atoms with E-state index in [-0.39, 0.29) is 11.8 Å². The zero-order chi connectivity index (χ0) is 12.1. The lowest BCUT2D eigenvalue weighted by molar-refractivity contribution is -0.131. The van der Waals surface area contributed by atoms with Crippen molar-refractivity contribution >= 4 is 17.8 Å². The summed E-state index contributed by atoms with van der Waals surface area (Å²) >= 11 is 0. The van der Waals surface area contributed by atoms with Crippen LogP contribution in [0.5, 0.6) is 5.75 Å². The van der Waals surface area contributed by atoms with Crippen molar-refractivity contribution in [2.75, 3.05) is 0 Å². The van der Waals surface area contributed by atoms with Gasteiger partial charge in [0.1, 0.15) is 5.75 Å². The van der Waals surface area contributed by atoms with Crippen molar-refractivity contribution in [2.24, 2.45) is 0 Å². The van der Waals surface area contributed by atoms with E-state index in [1.165, 1.54) is 19.9 Å². The van der Waals surface area contributed by atoms with Crippen LogP contribution in [0.15, 0.2) is 24.3 Å². The number of hydrogen-bond acceptors (Lipinski definition) is 3. The van der Waals surface area contributed by atoms with Gasteiger partial charge >= 0.3 is 5.97 Å². The smallest absolute Gasteiger partial charge is 0.308 e.